The second-order valence-corrected chi connectivity index (χ2v) is 12.6. The highest BCUT2D eigenvalue weighted by Gasteiger charge is 2.35. The van der Waals surface area contributed by atoms with E-state index in [2.05, 4.69) is 0 Å². The van der Waals surface area contributed by atoms with E-state index in [1.54, 1.807) is 6.07 Å². The molecule has 0 amide bonds. The van der Waals surface area contributed by atoms with Gasteiger partial charge in [-0.2, -0.15) is 0 Å². The number of benzene rings is 2. The molecule has 198 valence electrons. The average molecular weight is 526 g/mol. The van der Waals surface area contributed by atoms with Gasteiger partial charge in [0.25, 0.3) is 7.37 Å². The fourth-order valence-corrected chi connectivity index (χ4v) is 6.99. The molecular weight excluding hydrogens is 489 g/mol. The number of fused-ring (bicyclic) bond motifs is 3. The summed E-state index contributed by atoms with van der Waals surface area (Å²) in [5.74, 6) is 0.785. The van der Waals surface area contributed by atoms with Crippen molar-refractivity contribution < 1.29 is 9.09 Å². The molecule has 0 saturated carbocycles. The lowest BCUT2D eigenvalue weighted by atomic mass is 10.0. The standard InChI is InChI=1S/C28H36N3O5P/c1-5-20(3)18-30-26(32)29(27(33)31(28(30)34)19-21(4)6-2)16-11-17-37(35)25-15-10-8-13-23(25)22-12-7-9-14-24(22)36-37/h7-10,12-15,20-21H,5-6,11,16-19H2,1-4H3. The van der Waals surface area contributed by atoms with E-state index in [0.29, 0.717) is 11.1 Å². The summed E-state index contributed by atoms with van der Waals surface area (Å²) in [5.41, 5.74) is 0.00286. The van der Waals surface area contributed by atoms with Gasteiger partial charge in [-0.1, -0.05) is 76.9 Å². The van der Waals surface area contributed by atoms with E-state index in [1.165, 1.54) is 9.13 Å². The number of nitrogens with zero attached hydrogens (tertiary/aromatic N) is 3. The largest absolute Gasteiger partial charge is 0.439 e. The molecule has 0 saturated heterocycles. The second-order valence-electron chi connectivity index (χ2n) is 10.1. The first kappa shape index (κ1) is 26.9. The van der Waals surface area contributed by atoms with Crippen molar-refractivity contribution >= 4 is 12.7 Å². The van der Waals surface area contributed by atoms with Gasteiger partial charge in [0.1, 0.15) is 5.75 Å². The van der Waals surface area contributed by atoms with Crippen molar-refractivity contribution in [2.45, 2.75) is 66.6 Å². The van der Waals surface area contributed by atoms with E-state index >= 15 is 0 Å². The fraction of sp³-hybridized carbons (Fsp3) is 0.464. The highest BCUT2D eigenvalue weighted by atomic mass is 31.2. The van der Waals surface area contributed by atoms with Gasteiger partial charge >= 0.3 is 17.1 Å². The van der Waals surface area contributed by atoms with Gasteiger partial charge in [-0.3, -0.25) is 4.57 Å². The Morgan fingerprint density at radius 3 is 1.86 bits per heavy atom. The maximum Gasteiger partial charge on any atom is 0.336 e. The van der Waals surface area contributed by atoms with Crippen LogP contribution < -0.4 is 26.9 Å². The monoisotopic (exact) mass is 525 g/mol. The Bertz CT molecular complexity index is 1450. The molecule has 1 aromatic heterocycles. The molecule has 1 aliphatic rings. The fourth-order valence-electron chi connectivity index (χ4n) is 4.65. The first-order valence-electron chi connectivity index (χ1n) is 13.1. The second kappa shape index (κ2) is 11.1. The molecule has 2 heterocycles. The molecular formula is C28H36N3O5P. The lowest BCUT2D eigenvalue weighted by Crippen LogP contribution is -2.55. The zero-order chi connectivity index (χ0) is 26.7. The number of hydrogen-bond acceptors (Lipinski definition) is 5. The predicted octanol–water partition coefficient (Wildman–Crippen LogP) is 4.32. The van der Waals surface area contributed by atoms with Crippen LogP contribution in [0.25, 0.3) is 11.1 Å². The summed E-state index contributed by atoms with van der Waals surface area (Å²) in [7, 11) is -3.28. The Morgan fingerprint density at radius 2 is 1.27 bits per heavy atom. The maximum atomic E-state index is 14.1. The average Bonchev–Trinajstić information content (AvgIpc) is 2.91. The Balaban J connectivity index is 1.67. The van der Waals surface area contributed by atoms with Crippen molar-refractivity contribution in [2.75, 3.05) is 6.16 Å². The molecule has 9 heteroatoms. The Labute approximate surface area is 217 Å². The van der Waals surface area contributed by atoms with Gasteiger partial charge in [0.05, 0.1) is 5.30 Å². The van der Waals surface area contributed by atoms with E-state index < -0.39 is 24.4 Å². The van der Waals surface area contributed by atoms with Crippen LogP contribution in [0, 0.1) is 11.8 Å². The van der Waals surface area contributed by atoms with Gasteiger partial charge in [0.15, 0.2) is 0 Å². The minimum atomic E-state index is -3.28. The van der Waals surface area contributed by atoms with Crippen LogP contribution in [0.1, 0.15) is 47.0 Å². The van der Waals surface area contributed by atoms with E-state index in [1.807, 2.05) is 70.2 Å². The third-order valence-electron chi connectivity index (χ3n) is 7.30. The zero-order valence-electron chi connectivity index (χ0n) is 22.1. The minimum absolute atomic E-state index is 0.0517. The third-order valence-corrected chi connectivity index (χ3v) is 9.82. The van der Waals surface area contributed by atoms with Crippen molar-refractivity contribution in [3.8, 4) is 16.9 Å². The van der Waals surface area contributed by atoms with E-state index in [0.717, 1.165) is 28.5 Å². The predicted molar refractivity (Wildman–Crippen MR) is 147 cm³/mol. The summed E-state index contributed by atoms with van der Waals surface area (Å²) in [6.45, 7) is 8.50. The van der Waals surface area contributed by atoms with Crippen molar-refractivity contribution in [2.24, 2.45) is 11.8 Å². The van der Waals surface area contributed by atoms with E-state index in [4.69, 9.17) is 4.52 Å². The van der Waals surface area contributed by atoms with Crippen molar-refractivity contribution in [3.05, 3.63) is 80.0 Å². The summed E-state index contributed by atoms with van der Waals surface area (Å²) >= 11 is 0. The van der Waals surface area contributed by atoms with Crippen molar-refractivity contribution in [1.29, 1.82) is 0 Å². The summed E-state index contributed by atoms with van der Waals surface area (Å²) in [6.07, 6.45) is 2.06. The molecule has 0 radical (unpaired) electrons. The topological polar surface area (TPSA) is 92.3 Å². The summed E-state index contributed by atoms with van der Waals surface area (Å²) < 4.78 is 23.7. The molecule has 8 nitrogen and oxygen atoms in total. The third kappa shape index (κ3) is 5.30. The molecule has 0 bridgehead atoms. The molecule has 0 spiro atoms. The molecule has 0 fully saturated rings. The van der Waals surface area contributed by atoms with Crippen LogP contribution in [0.5, 0.6) is 5.75 Å². The van der Waals surface area contributed by atoms with Gasteiger partial charge in [-0.25, -0.2) is 28.1 Å². The molecule has 1 aliphatic heterocycles. The normalized spacial score (nSPS) is 17.9. The highest BCUT2D eigenvalue weighted by Crippen LogP contribution is 2.54. The smallest absolute Gasteiger partial charge is 0.336 e. The zero-order valence-corrected chi connectivity index (χ0v) is 22.9. The summed E-state index contributed by atoms with van der Waals surface area (Å²) in [4.78, 5) is 39.8. The van der Waals surface area contributed by atoms with Gasteiger partial charge < -0.3 is 4.52 Å². The Hall–Kier alpha value is -3.12. The van der Waals surface area contributed by atoms with Gasteiger partial charge in [-0.05, 0) is 36.0 Å². The number of aromatic nitrogens is 3. The van der Waals surface area contributed by atoms with Crippen LogP contribution in [0.2, 0.25) is 0 Å². The van der Waals surface area contributed by atoms with Crippen LogP contribution >= 0.6 is 7.37 Å². The van der Waals surface area contributed by atoms with Gasteiger partial charge in [0, 0.05) is 31.4 Å². The first-order chi connectivity index (χ1) is 17.7. The molecule has 2 aromatic carbocycles. The number of rotatable bonds is 10. The maximum absolute atomic E-state index is 14.1. The van der Waals surface area contributed by atoms with E-state index in [9.17, 15) is 18.9 Å². The van der Waals surface area contributed by atoms with Crippen LogP contribution in [-0.4, -0.2) is 19.9 Å². The molecule has 3 aromatic rings. The lowest BCUT2D eigenvalue weighted by molar-refractivity contribution is 0.360. The molecule has 0 N–H and O–H groups in total. The molecule has 4 rings (SSSR count). The molecule has 3 atom stereocenters. The van der Waals surface area contributed by atoms with E-state index in [-0.39, 0.29) is 44.1 Å². The lowest BCUT2D eigenvalue weighted by Gasteiger charge is -2.28. The van der Waals surface area contributed by atoms with Crippen molar-refractivity contribution in [1.82, 2.24) is 13.7 Å². The SMILES string of the molecule is CCC(C)Cn1c(=O)n(CCCP2(=O)Oc3ccccc3-c3ccccc32)c(=O)n(CC(C)CC)c1=O. The van der Waals surface area contributed by atoms with Gasteiger partial charge in [-0.15, -0.1) is 0 Å². The Kier molecular flexibility index (Phi) is 8.08. The first-order valence-corrected chi connectivity index (χ1v) is 14.9. The molecule has 3 unspecified atom stereocenters. The summed E-state index contributed by atoms with van der Waals surface area (Å²) in [5, 5.41) is 0.650. The van der Waals surface area contributed by atoms with Crippen LogP contribution in [0.4, 0.5) is 0 Å². The van der Waals surface area contributed by atoms with Crippen LogP contribution in [-0.2, 0) is 24.2 Å². The van der Waals surface area contributed by atoms with Crippen LogP contribution in [0.3, 0.4) is 0 Å². The number of para-hydroxylation sites is 1. The highest BCUT2D eigenvalue weighted by molar-refractivity contribution is 7.67. The quantitative estimate of drug-likeness (QED) is 0.368. The van der Waals surface area contributed by atoms with Crippen molar-refractivity contribution in [3.63, 3.8) is 0 Å². The van der Waals surface area contributed by atoms with Crippen LogP contribution in [0.15, 0.2) is 62.9 Å². The number of hydrogen-bond donors (Lipinski definition) is 0. The molecule has 37 heavy (non-hydrogen) atoms. The van der Waals surface area contributed by atoms with Gasteiger partial charge in [0.2, 0.25) is 0 Å². The Morgan fingerprint density at radius 1 is 0.757 bits per heavy atom. The minimum Gasteiger partial charge on any atom is -0.439 e. The summed E-state index contributed by atoms with van der Waals surface area (Å²) in [6, 6.07) is 15.0. The molecule has 0 aliphatic carbocycles.